The molecule has 14 nitrogen and oxygen atoms in total. The number of halogens is 1. The lowest BCUT2D eigenvalue weighted by Crippen LogP contribution is -2.47. The van der Waals surface area contributed by atoms with E-state index in [0.717, 1.165) is 34.8 Å². The van der Waals surface area contributed by atoms with Gasteiger partial charge < -0.3 is 20.9 Å². The number of benzene rings is 2. The van der Waals surface area contributed by atoms with Gasteiger partial charge in [-0.05, 0) is 73.2 Å². The molecule has 0 radical (unpaired) electrons. The number of hydrogen-bond donors (Lipinski definition) is 2. The van der Waals surface area contributed by atoms with Crippen molar-refractivity contribution < 1.29 is 4.39 Å². The summed E-state index contributed by atoms with van der Waals surface area (Å²) in [6.07, 6.45) is 3.17. The lowest BCUT2D eigenvalue weighted by Gasteiger charge is -2.36. The van der Waals surface area contributed by atoms with E-state index < -0.39 is 28.3 Å². The predicted molar refractivity (Wildman–Crippen MR) is 191 cm³/mol. The molecule has 51 heavy (non-hydrogen) atoms. The molecule has 6 rings (SSSR count). The number of anilines is 3. The maximum absolute atomic E-state index is 14.2. The molecule has 4 heterocycles. The van der Waals surface area contributed by atoms with Crippen LogP contribution in [0.4, 0.5) is 21.7 Å². The fourth-order valence-electron chi connectivity index (χ4n) is 6.96. The first-order valence-corrected chi connectivity index (χ1v) is 16.8. The van der Waals surface area contributed by atoms with Crippen LogP contribution in [-0.2, 0) is 27.2 Å². The van der Waals surface area contributed by atoms with Crippen molar-refractivity contribution >= 4 is 17.3 Å². The van der Waals surface area contributed by atoms with Gasteiger partial charge in [0.1, 0.15) is 17.5 Å². The van der Waals surface area contributed by atoms with E-state index in [0.29, 0.717) is 60.2 Å². The average Bonchev–Trinajstić information content (AvgIpc) is 3.12. The summed E-state index contributed by atoms with van der Waals surface area (Å²) in [6.45, 7) is 2.06. The molecule has 2 fully saturated rings. The third kappa shape index (κ3) is 7.20. The Bertz CT molecular complexity index is 2310. The van der Waals surface area contributed by atoms with Crippen molar-refractivity contribution in [1.29, 1.82) is 10.5 Å². The van der Waals surface area contributed by atoms with Crippen molar-refractivity contribution in [3.63, 3.8) is 0 Å². The molecule has 2 atom stereocenters. The number of hydrogen-bond acceptors (Lipinski definition) is 10. The van der Waals surface area contributed by atoms with Crippen LogP contribution in [0.5, 0.6) is 0 Å². The van der Waals surface area contributed by atoms with Crippen LogP contribution < -0.4 is 43.3 Å². The number of piperidine rings is 2. The van der Waals surface area contributed by atoms with E-state index >= 15 is 0 Å². The standard InChI is InChI=1S/C36H39FN10O4/c1-42-33(48)15-31(44-11-3-5-28(40)21-44)47(36(42)51)20-26-14-29(10-8-24(26)18-39)41-30-6-4-12-45(22-30)32-16-34(49)43(2)35(50)46(32)19-25-13-27(37)9-7-23(25)17-38/h7-10,13-16,28,30,41H,3-6,11-12,19-22,40H2,1-2H3/t28-,30-/m1/s1. The molecule has 3 N–H and O–H groups in total. The second-order valence-corrected chi connectivity index (χ2v) is 13.2. The molecule has 0 spiro atoms. The summed E-state index contributed by atoms with van der Waals surface area (Å²) in [5.41, 5.74) is 6.45. The lowest BCUT2D eigenvalue weighted by atomic mass is 10.0. The van der Waals surface area contributed by atoms with E-state index in [4.69, 9.17) is 5.73 Å². The lowest BCUT2D eigenvalue weighted by molar-refractivity contribution is 0.491. The number of nitrogens with two attached hydrogens (primary N) is 1. The van der Waals surface area contributed by atoms with Gasteiger partial charge in [-0.1, -0.05) is 0 Å². The Labute approximate surface area is 292 Å². The van der Waals surface area contributed by atoms with Crippen LogP contribution in [0.2, 0.25) is 0 Å². The van der Waals surface area contributed by atoms with E-state index in [1.165, 1.54) is 53.6 Å². The van der Waals surface area contributed by atoms with E-state index in [2.05, 4.69) is 11.4 Å². The Kier molecular flexibility index (Phi) is 9.93. The quantitative estimate of drug-likeness (QED) is 0.274. The van der Waals surface area contributed by atoms with Crippen molar-refractivity contribution in [2.45, 2.75) is 50.9 Å². The Morgan fingerprint density at radius 2 is 1.29 bits per heavy atom. The van der Waals surface area contributed by atoms with E-state index in [-0.39, 0.29) is 30.7 Å². The highest BCUT2D eigenvalue weighted by Crippen LogP contribution is 2.25. The number of rotatable bonds is 8. The summed E-state index contributed by atoms with van der Waals surface area (Å²) in [5, 5.41) is 23.1. The number of nitrogens with zero attached hydrogens (tertiary/aromatic N) is 8. The van der Waals surface area contributed by atoms with Crippen LogP contribution in [0.1, 0.15) is 47.9 Å². The van der Waals surface area contributed by atoms with Gasteiger partial charge in [0, 0.05) is 70.2 Å². The molecule has 0 saturated carbocycles. The molecule has 0 bridgehead atoms. The minimum atomic E-state index is -0.586. The molecule has 2 saturated heterocycles. The van der Waals surface area contributed by atoms with Gasteiger partial charge in [0.05, 0.1) is 36.4 Å². The van der Waals surface area contributed by atoms with Gasteiger partial charge >= 0.3 is 11.4 Å². The van der Waals surface area contributed by atoms with Gasteiger partial charge in [-0.25, -0.2) is 14.0 Å². The number of aromatic nitrogens is 4. The summed E-state index contributed by atoms with van der Waals surface area (Å²) in [4.78, 5) is 56.2. The molecule has 15 heteroatoms. The molecule has 2 aliphatic rings. The van der Waals surface area contributed by atoms with Gasteiger partial charge in [-0.15, -0.1) is 0 Å². The third-order valence-corrected chi connectivity index (χ3v) is 9.72. The molecule has 4 aromatic rings. The van der Waals surface area contributed by atoms with Gasteiger partial charge in [-0.3, -0.25) is 27.9 Å². The normalized spacial score (nSPS) is 17.5. The zero-order valence-electron chi connectivity index (χ0n) is 28.5. The first-order chi connectivity index (χ1) is 24.5. The highest BCUT2D eigenvalue weighted by molar-refractivity contribution is 5.54. The summed E-state index contributed by atoms with van der Waals surface area (Å²) in [6, 6.07) is 15.9. The number of nitriles is 2. The maximum atomic E-state index is 14.2. The summed E-state index contributed by atoms with van der Waals surface area (Å²) in [5.74, 6) is 0.284. The van der Waals surface area contributed by atoms with Crippen molar-refractivity contribution in [2.75, 3.05) is 41.3 Å². The van der Waals surface area contributed by atoms with Gasteiger partial charge in [-0.2, -0.15) is 10.5 Å². The van der Waals surface area contributed by atoms with E-state index in [1.54, 1.807) is 12.1 Å². The zero-order chi connectivity index (χ0) is 36.4. The minimum Gasteiger partial charge on any atom is -0.381 e. The largest absolute Gasteiger partial charge is 0.381 e. The van der Waals surface area contributed by atoms with E-state index in [1.807, 2.05) is 21.9 Å². The Morgan fingerprint density at radius 3 is 1.86 bits per heavy atom. The Balaban J connectivity index is 1.29. The summed E-state index contributed by atoms with van der Waals surface area (Å²) < 4.78 is 19.1. The number of nitrogens with one attached hydrogen (secondary N) is 1. The van der Waals surface area contributed by atoms with Gasteiger partial charge in [0.25, 0.3) is 11.1 Å². The molecular formula is C36H39FN10O4. The predicted octanol–water partition coefficient (Wildman–Crippen LogP) is 1.39. The molecule has 0 amide bonds. The second-order valence-electron chi connectivity index (χ2n) is 13.2. The van der Waals surface area contributed by atoms with E-state index in [9.17, 15) is 34.1 Å². The summed E-state index contributed by atoms with van der Waals surface area (Å²) >= 11 is 0. The molecule has 264 valence electrons. The minimum absolute atomic E-state index is 0.0492. The first kappa shape index (κ1) is 34.9. The van der Waals surface area contributed by atoms with Crippen LogP contribution in [0, 0.1) is 28.5 Å². The molecule has 2 aliphatic heterocycles. The van der Waals surface area contributed by atoms with Crippen LogP contribution in [0.25, 0.3) is 0 Å². The Morgan fingerprint density at radius 1 is 0.765 bits per heavy atom. The molecular weight excluding hydrogens is 655 g/mol. The fourth-order valence-corrected chi connectivity index (χ4v) is 6.96. The fraction of sp³-hybridized carbons (Fsp3) is 0.389. The molecule has 0 aliphatic carbocycles. The maximum Gasteiger partial charge on any atom is 0.332 e. The van der Waals surface area contributed by atoms with Gasteiger partial charge in [0.2, 0.25) is 0 Å². The topological polar surface area (TPSA) is 180 Å². The first-order valence-electron chi connectivity index (χ1n) is 16.8. The zero-order valence-corrected chi connectivity index (χ0v) is 28.5. The van der Waals surface area contributed by atoms with Crippen molar-refractivity contribution in [3.05, 3.63) is 118 Å². The average molecular weight is 695 g/mol. The van der Waals surface area contributed by atoms with Crippen molar-refractivity contribution in [1.82, 2.24) is 18.3 Å². The van der Waals surface area contributed by atoms with Crippen molar-refractivity contribution in [2.24, 2.45) is 19.8 Å². The molecule has 2 aromatic carbocycles. The SMILES string of the molecule is Cn1c(=O)cc(N2CCC[C@@H](N)C2)n(Cc2cc(N[C@@H]3CCCN(c4cc(=O)n(C)c(=O)n4Cc4cc(F)ccc4C#N)C3)ccc2C#N)c1=O. The van der Waals surface area contributed by atoms with Crippen LogP contribution >= 0.6 is 0 Å². The summed E-state index contributed by atoms with van der Waals surface area (Å²) in [7, 11) is 2.80. The molecule has 0 unspecified atom stereocenters. The van der Waals surface area contributed by atoms with Crippen LogP contribution in [0.15, 0.2) is 67.7 Å². The highest BCUT2D eigenvalue weighted by atomic mass is 19.1. The third-order valence-electron chi connectivity index (χ3n) is 9.72. The Hall–Kier alpha value is -5.93. The molecule has 2 aromatic heterocycles. The van der Waals surface area contributed by atoms with Crippen molar-refractivity contribution in [3.8, 4) is 12.1 Å². The smallest absolute Gasteiger partial charge is 0.332 e. The highest BCUT2D eigenvalue weighted by Gasteiger charge is 2.26. The second kappa shape index (κ2) is 14.5. The van der Waals surface area contributed by atoms with Crippen LogP contribution in [0.3, 0.4) is 0 Å². The van der Waals surface area contributed by atoms with Crippen LogP contribution in [-0.4, -0.2) is 56.5 Å². The monoisotopic (exact) mass is 694 g/mol. The van der Waals surface area contributed by atoms with Gasteiger partial charge in [0.15, 0.2) is 0 Å².